The van der Waals surface area contributed by atoms with Gasteiger partial charge < -0.3 is 10.6 Å². The zero-order chi connectivity index (χ0) is 11.5. The van der Waals surface area contributed by atoms with Crippen LogP contribution >= 0.6 is 0 Å². The predicted molar refractivity (Wildman–Crippen MR) is 61.6 cm³/mol. The number of rotatable bonds is 4. The van der Waals surface area contributed by atoms with E-state index in [9.17, 15) is 4.79 Å². The smallest absolute Gasteiger partial charge is 0.242 e. The molecular weight excluding hydrogens is 190 g/mol. The molecule has 0 aromatic heterocycles. The van der Waals surface area contributed by atoms with E-state index in [0.717, 1.165) is 39.0 Å². The molecule has 1 rings (SSSR count). The van der Waals surface area contributed by atoms with E-state index in [0.29, 0.717) is 0 Å². The molecule has 0 saturated carbocycles. The molecule has 0 unspecified atom stereocenters. The molecule has 1 saturated heterocycles. The van der Waals surface area contributed by atoms with Gasteiger partial charge in [-0.1, -0.05) is 0 Å². The van der Waals surface area contributed by atoms with Gasteiger partial charge in [-0.15, -0.1) is 0 Å². The van der Waals surface area contributed by atoms with Gasteiger partial charge in [0, 0.05) is 20.1 Å². The Bertz CT molecular complexity index is 228. The fourth-order valence-electron chi connectivity index (χ4n) is 2.09. The Labute approximate surface area is 92.4 Å². The number of likely N-dealkylation sites (N-methyl/N-ethyl adjacent to an activating group) is 1. The number of carbonyl (C=O) groups is 1. The second-order valence-electron chi connectivity index (χ2n) is 4.77. The quantitative estimate of drug-likeness (QED) is 0.682. The summed E-state index contributed by atoms with van der Waals surface area (Å²) in [5, 5.41) is 0. The van der Waals surface area contributed by atoms with Gasteiger partial charge in [0.25, 0.3) is 0 Å². The number of hydrogen-bond acceptors (Lipinski definition) is 3. The first-order valence-corrected chi connectivity index (χ1v) is 5.71. The Morgan fingerprint density at radius 3 is 2.60 bits per heavy atom. The lowest BCUT2D eigenvalue weighted by atomic mass is 9.97. The summed E-state index contributed by atoms with van der Waals surface area (Å²) in [5.74, 6) is 0.224. The van der Waals surface area contributed by atoms with E-state index in [-0.39, 0.29) is 11.4 Å². The van der Waals surface area contributed by atoms with Crippen molar-refractivity contribution in [2.24, 2.45) is 5.73 Å². The minimum absolute atomic E-state index is 0.224. The van der Waals surface area contributed by atoms with Crippen LogP contribution in [0.4, 0.5) is 0 Å². The highest BCUT2D eigenvalue weighted by Crippen LogP contribution is 2.21. The molecule has 4 nitrogen and oxygen atoms in total. The summed E-state index contributed by atoms with van der Waals surface area (Å²) < 4.78 is 0. The Balaban J connectivity index is 2.54. The van der Waals surface area contributed by atoms with Crippen LogP contribution in [0.15, 0.2) is 0 Å². The lowest BCUT2D eigenvalue weighted by Crippen LogP contribution is -2.62. The summed E-state index contributed by atoms with van der Waals surface area (Å²) in [5.41, 5.74) is 5.12. The van der Waals surface area contributed by atoms with Crippen LogP contribution in [0.3, 0.4) is 0 Å². The molecule has 1 aliphatic heterocycles. The van der Waals surface area contributed by atoms with Crippen LogP contribution in [-0.2, 0) is 4.79 Å². The van der Waals surface area contributed by atoms with Gasteiger partial charge in [-0.3, -0.25) is 9.69 Å². The van der Waals surface area contributed by atoms with E-state index < -0.39 is 0 Å². The van der Waals surface area contributed by atoms with Crippen LogP contribution in [0.2, 0.25) is 0 Å². The van der Waals surface area contributed by atoms with Crippen molar-refractivity contribution in [3.8, 4) is 0 Å². The first-order valence-electron chi connectivity index (χ1n) is 5.71. The van der Waals surface area contributed by atoms with Crippen molar-refractivity contribution in [3.63, 3.8) is 0 Å². The van der Waals surface area contributed by atoms with Gasteiger partial charge in [-0.05, 0) is 39.8 Å². The SMILES string of the molecule is CN1CCN(CCCCN)C(C)(C)C1=O. The van der Waals surface area contributed by atoms with Crippen LogP contribution < -0.4 is 5.73 Å². The summed E-state index contributed by atoms with van der Waals surface area (Å²) in [7, 11) is 1.88. The van der Waals surface area contributed by atoms with Crippen molar-refractivity contribution in [2.45, 2.75) is 32.2 Å². The topological polar surface area (TPSA) is 49.6 Å². The third kappa shape index (κ3) is 2.69. The van der Waals surface area contributed by atoms with E-state index in [2.05, 4.69) is 4.90 Å². The average molecular weight is 213 g/mol. The van der Waals surface area contributed by atoms with Crippen molar-refractivity contribution in [1.82, 2.24) is 9.80 Å². The zero-order valence-corrected chi connectivity index (χ0v) is 10.1. The monoisotopic (exact) mass is 213 g/mol. The van der Waals surface area contributed by atoms with Crippen molar-refractivity contribution in [1.29, 1.82) is 0 Å². The normalized spacial score (nSPS) is 22.1. The second-order valence-corrected chi connectivity index (χ2v) is 4.77. The molecule has 2 N–H and O–H groups in total. The lowest BCUT2D eigenvalue weighted by Gasteiger charge is -2.44. The molecule has 0 radical (unpaired) electrons. The number of unbranched alkanes of at least 4 members (excludes halogenated alkanes) is 1. The van der Waals surface area contributed by atoms with E-state index >= 15 is 0 Å². The Kier molecular flexibility index (Phi) is 4.11. The van der Waals surface area contributed by atoms with Crippen LogP contribution in [0.5, 0.6) is 0 Å². The van der Waals surface area contributed by atoms with E-state index in [1.54, 1.807) is 0 Å². The molecule has 0 aromatic rings. The first-order chi connectivity index (χ1) is 7.00. The molecule has 0 aliphatic carbocycles. The second kappa shape index (κ2) is 4.94. The molecule has 0 aromatic carbocycles. The summed E-state index contributed by atoms with van der Waals surface area (Å²) in [6.07, 6.45) is 2.12. The minimum atomic E-state index is -0.346. The largest absolute Gasteiger partial charge is 0.343 e. The van der Waals surface area contributed by atoms with Crippen LogP contribution in [0.25, 0.3) is 0 Å². The van der Waals surface area contributed by atoms with Crippen LogP contribution in [0.1, 0.15) is 26.7 Å². The van der Waals surface area contributed by atoms with Crippen LogP contribution in [-0.4, -0.2) is 54.5 Å². The van der Waals surface area contributed by atoms with Crippen molar-refractivity contribution in [2.75, 3.05) is 33.2 Å². The molecular formula is C11H23N3O. The number of piperazine rings is 1. The molecule has 1 fully saturated rings. The Hall–Kier alpha value is -0.610. The third-order valence-electron chi connectivity index (χ3n) is 3.25. The zero-order valence-electron chi connectivity index (χ0n) is 10.1. The Morgan fingerprint density at radius 2 is 2.00 bits per heavy atom. The van der Waals surface area contributed by atoms with Gasteiger partial charge >= 0.3 is 0 Å². The van der Waals surface area contributed by atoms with Gasteiger partial charge in [0.1, 0.15) is 0 Å². The maximum atomic E-state index is 11.9. The minimum Gasteiger partial charge on any atom is -0.343 e. The number of nitrogens with zero attached hydrogens (tertiary/aromatic N) is 2. The summed E-state index contributed by atoms with van der Waals surface area (Å²) >= 11 is 0. The van der Waals surface area contributed by atoms with Gasteiger partial charge in [0.05, 0.1) is 5.54 Å². The van der Waals surface area contributed by atoms with Crippen LogP contribution in [0, 0.1) is 0 Å². The fraction of sp³-hybridized carbons (Fsp3) is 0.909. The first kappa shape index (κ1) is 12.5. The lowest BCUT2D eigenvalue weighted by molar-refractivity contribution is -0.147. The standard InChI is InChI=1S/C11H23N3O/c1-11(2)10(15)13(3)8-9-14(11)7-5-4-6-12/h4-9,12H2,1-3H3. The highest BCUT2D eigenvalue weighted by atomic mass is 16.2. The molecule has 1 amide bonds. The number of nitrogens with two attached hydrogens (primary N) is 1. The Morgan fingerprint density at radius 1 is 1.33 bits per heavy atom. The highest BCUT2D eigenvalue weighted by molar-refractivity contribution is 5.86. The summed E-state index contributed by atoms with van der Waals surface area (Å²) in [4.78, 5) is 16.0. The number of amides is 1. The fourth-order valence-corrected chi connectivity index (χ4v) is 2.09. The summed E-state index contributed by atoms with van der Waals surface area (Å²) in [6, 6.07) is 0. The van der Waals surface area contributed by atoms with Crippen molar-refractivity contribution < 1.29 is 4.79 Å². The number of hydrogen-bond donors (Lipinski definition) is 1. The molecule has 88 valence electrons. The highest BCUT2D eigenvalue weighted by Gasteiger charge is 2.39. The maximum Gasteiger partial charge on any atom is 0.242 e. The third-order valence-corrected chi connectivity index (χ3v) is 3.25. The molecule has 15 heavy (non-hydrogen) atoms. The molecule has 4 heteroatoms. The molecule has 1 heterocycles. The molecule has 0 spiro atoms. The van der Waals surface area contributed by atoms with Gasteiger partial charge in [-0.25, -0.2) is 0 Å². The number of carbonyl (C=O) groups excluding carboxylic acids is 1. The molecule has 0 atom stereocenters. The van der Waals surface area contributed by atoms with Crippen molar-refractivity contribution in [3.05, 3.63) is 0 Å². The predicted octanol–water partition coefficient (Wildman–Crippen LogP) is 0.278. The maximum absolute atomic E-state index is 11.9. The molecule has 1 aliphatic rings. The van der Waals surface area contributed by atoms with E-state index in [1.807, 2.05) is 25.8 Å². The van der Waals surface area contributed by atoms with E-state index in [4.69, 9.17) is 5.73 Å². The van der Waals surface area contributed by atoms with Crippen molar-refractivity contribution >= 4 is 5.91 Å². The average Bonchev–Trinajstić information content (AvgIpc) is 2.19. The van der Waals surface area contributed by atoms with E-state index in [1.165, 1.54) is 0 Å². The van der Waals surface area contributed by atoms with Gasteiger partial charge in [0.15, 0.2) is 0 Å². The van der Waals surface area contributed by atoms with Gasteiger partial charge in [0.2, 0.25) is 5.91 Å². The molecule has 0 bridgehead atoms. The summed E-state index contributed by atoms with van der Waals surface area (Å²) in [6.45, 7) is 7.54. The van der Waals surface area contributed by atoms with Gasteiger partial charge in [-0.2, -0.15) is 0 Å².